The van der Waals surface area contributed by atoms with Crippen LogP contribution in [0.5, 0.6) is 11.5 Å². The number of hydrogen-bond donors (Lipinski definition) is 4. The van der Waals surface area contributed by atoms with E-state index < -0.39 is 19.1 Å². The number of fused-ring (bicyclic) bond motifs is 1. The van der Waals surface area contributed by atoms with Crippen LogP contribution in [0.3, 0.4) is 0 Å². The Bertz CT molecular complexity index is 2250. The van der Waals surface area contributed by atoms with Crippen molar-refractivity contribution in [3.8, 4) is 11.5 Å². The smallest absolute Gasteiger partial charge is 0.255 e. The number of aromatic nitrogens is 2. The second kappa shape index (κ2) is 19.5. The number of nitrogens with zero attached hydrogens (tertiary/aromatic N) is 4. The van der Waals surface area contributed by atoms with Crippen molar-refractivity contribution in [1.82, 2.24) is 25.5 Å². The lowest BCUT2D eigenvalue weighted by atomic mass is 10.0. The van der Waals surface area contributed by atoms with E-state index in [4.69, 9.17) is 21.1 Å². The Labute approximate surface area is 356 Å². The molecule has 14 nitrogen and oxygen atoms in total. The first-order valence-electron chi connectivity index (χ1n) is 20.7. The minimum absolute atomic E-state index is 0.175. The number of hydrogen-bond acceptors (Lipinski definition) is 12. The highest BCUT2D eigenvalue weighted by Crippen LogP contribution is 2.39. The maximum absolute atomic E-state index is 12.9. The lowest BCUT2D eigenvalue weighted by Gasteiger charge is -2.34. The van der Waals surface area contributed by atoms with E-state index in [-0.39, 0.29) is 18.2 Å². The van der Waals surface area contributed by atoms with Gasteiger partial charge < -0.3 is 39.8 Å². The Balaban J connectivity index is 0.785. The molecular weight excluding hydrogens is 803 g/mol. The van der Waals surface area contributed by atoms with Crippen LogP contribution in [0.25, 0.3) is 0 Å². The van der Waals surface area contributed by atoms with Gasteiger partial charge in [0.2, 0.25) is 17.8 Å². The Morgan fingerprint density at radius 2 is 1.70 bits per heavy atom. The van der Waals surface area contributed by atoms with Crippen molar-refractivity contribution in [2.45, 2.75) is 76.4 Å². The number of halogens is 1. The van der Waals surface area contributed by atoms with Gasteiger partial charge in [-0.2, -0.15) is 4.98 Å². The molecule has 3 aliphatic rings. The van der Waals surface area contributed by atoms with Gasteiger partial charge in [0.25, 0.3) is 5.91 Å². The van der Waals surface area contributed by atoms with Gasteiger partial charge >= 0.3 is 0 Å². The largest absolute Gasteiger partial charge is 0.494 e. The first-order chi connectivity index (χ1) is 29.0. The molecule has 3 amide bonds. The van der Waals surface area contributed by atoms with Gasteiger partial charge in [-0.15, -0.1) is 0 Å². The molecule has 318 valence electrons. The zero-order valence-corrected chi connectivity index (χ0v) is 36.1. The van der Waals surface area contributed by atoms with Gasteiger partial charge in [0, 0.05) is 54.7 Å². The standard InChI is InChI=1S/C44H54ClN8O6P/c1-58-38-26-31(13-16-35(38)49-44-47-27-34(45)41(51-44)48-36-11-7-8-12-39(36)60(2,3)57)52-22-19-30(20-23-52)46-21-9-5-4-6-10-24-59-32-14-15-33-29(25-32)28-53(43(33)56)37-17-18-40(54)50-42(37)55/h7-8,11-16,25-27,30,37,46H,4-6,9-10,17-24,28H2,1-3H3,(H,50,54,55)(H2,47,48,49,51). The SMILES string of the molecule is COc1cc(N2CCC(NCCCCCCCOc3ccc4c(c3)CN(C3CCC(=O)NC3=O)C4=O)CC2)ccc1Nc1ncc(Cl)c(Nc2ccccc2P(C)(C)=O)n1. The maximum atomic E-state index is 12.9. The molecule has 1 unspecified atom stereocenters. The predicted octanol–water partition coefficient (Wildman–Crippen LogP) is 7.22. The number of rotatable bonds is 18. The van der Waals surface area contributed by atoms with E-state index in [1.54, 1.807) is 31.4 Å². The second-order valence-corrected chi connectivity index (χ2v) is 19.5. The zero-order chi connectivity index (χ0) is 42.2. The van der Waals surface area contributed by atoms with Crippen molar-refractivity contribution in [2.24, 2.45) is 0 Å². The minimum atomic E-state index is -2.54. The highest BCUT2D eigenvalue weighted by atomic mass is 35.5. The average Bonchev–Trinajstić information content (AvgIpc) is 3.56. The molecule has 0 radical (unpaired) electrons. The lowest BCUT2D eigenvalue weighted by molar-refractivity contribution is -0.136. The number of para-hydroxylation sites is 1. The fourth-order valence-electron chi connectivity index (χ4n) is 8.03. The Morgan fingerprint density at radius 1 is 0.917 bits per heavy atom. The number of methoxy groups -OCH3 is 1. The van der Waals surface area contributed by atoms with Gasteiger partial charge in [0.15, 0.2) is 5.82 Å². The molecule has 0 bridgehead atoms. The fourth-order valence-corrected chi connectivity index (χ4v) is 9.32. The summed E-state index contributed by atoms with van der Waals surface area (Å²) in [5, 5.41) is 13.7. The van der Waals surface area contributed by atoms with Gasteiger partial charge in [-0.3, -0.25) is 19.7 Å². The summed E-state index contributed by atoms with van der Waals surface area (Å²) >= 11 is 6.47. The van der Waals surface area contributed by atoms with E-state index in [1.165, 1.54) is 6.20 Å². The first kappa shape index (κ1) is 42.9. The van der Waals surface area contributed by atoms with Crippen LogP contribution in [0.1, 0.15) is 73.7 Å². The number of amides is 3. The summed E-state index contributed by atoms with van der Waals surface area (Å²) in [7, 11) is -0.892. The maximum Gasteiger partial charge on any atom is 0.255 e. The molecule has 4 heterocycles. The highest BCUT2D eigenvalue weighted by molar-refractivity contribution is 7.70. The number of imide groups is 1. The molecule has 3 aliphatic heterocycles. The third-order valence-corrected chi connectivity index (χ3v) is 13.1. The Kier molecular flexibility index (Phi) is 13.9. The number of ether oxygens (including phenoxy) is 2. The number of benzene rings is 3. The van der Waals surface area contributed by atoms with Crippen LogP contribution in [-0.4, -0.2) is 91.4 Å². The summed E-state index contributed by atoms with van der Waals surface area (Å²) < 4.78 is 24.7. The third kappa shape index (κ3) is 10.6. The number of piperidine rings is 2. The molecule has 16 heteroatoms. The van der Waals surface area contributed by atoms with Crippen molar-refractivity contribution in [2.75, 3.05) is 62.2 Å². The van der Waals surface area contributed by atoms with Crippen molar-refractivity contribution in [1.29, 1.82) is 0 Å². The molecule has 7 rings (SSSR count). The monoisotopic (exact) mass is 856 g/mol. The van der Waals surface area contributed by atoms with E-state index in [1.807, 2.05) is 48.5 Å². The minimum Gasteiger partial charge on any atom is -0.494 e. The highest BCUT2D eigenvalue weighted by Gasteiger charge is 2.39. The fraction of sp³-hybridized carbons (Fsp3) is 0.432. The molecule has 4 N–H and O–H groups in total. The van der Waals surface area contributed by atoms with E-state index in [0.717, 1.165) is 92.6 Å². The van der Waals surface area contributed by atoms with Crippen LogP contribution in [0.2, 0.25) is 5.02 Å². The van der Waals surface area contributed by atoms with Gasteiger partial charge in [0.1, 0.15) is 29.7 Å². The van der Waals surface area contributed by atoms with E-state index in [0.29, 0.717) is 59.4 Å². The summed E-state index contributed by atoms with van der Waals surface area (Å²) in [6, 6.07) is 18.9. The van der Waals surface area contributed by atoms with Crippen molar-refractivity contribution >= 4 is 70.6 Å². The van der Waals surface area contributed by atoms with Gasteiger partial charge in [-0.25, -0.2) is 4.98 Å². The Hall–Kier alpha value is -5.17. The molecule has 2 fully saturated rings. The molecule has 60 heavy (non-hydrogen) atoms. The van der Waals surface area contributed by atoms with Gasteiger partial charge in [-0.05, 0) is 100 Å². The van der Waals surface area contributed by atoms with Crippen molar-refractivity contribution in [3.63, 3.8) is 0 Å². The van der Waals surface area contributed by atoms with E-state index in [9.17, 15) is 18.9 Å². The third-order valence-electron chi connectivity index (χ3n) is 11.3. The summed E-state index contributed by atoms with van der Waals surface area (Å²) in [5.74, 6) is 1.29. The quantitative estimate of drug-likeness (QED) is 0.0452. The lowest BCUT2D eigenvalue weighted by Crippen LogP contribution is -2.52. The molecule has 0 saturated carbocycles. The van der Waals surface area contributed by atoms with Gasteiger partial charge in [-0.1, -0.05) is 43.0 Å². The Morgan fingerprint density at radius 3 is 2.48 bits per heavy atom. The normalized spacial score (nSPS) is 17.1. The number of carbonyl (C=O) groups is 3. The van der Waals surface area contributed by atoms with Crippen molar-refractivity contribution < 1.29 is 28.4 Å². The molecule has 0 aliphatic carbocycles. The number of nitrogens with one attached hydrogen (secondary N) is 4. The molecular formula is C44H54ClN8O6P. The van der Waals surface area contributed by atoms with Crippen LogP contribution in [0, 0.1) is 0 Å². The molecule has 0 spiro atoms. The molecule has 1 atom stereocenters. The molecule has 4 aromatic rings. The van der Waals surface area contributed by atoms with Gasteiger partial charge in [0.05, 0.1) is 31.3 Å². The summed E-state index contributed by atoms with van der Waals surface area (Å²) in [6.07, 6.45) is 9.74. The van der Waals surface area contributed by atoms with Crippen LogP contribution in [0.15, 0.2) is 66.9 Å². The van der Waals surface area contributed by atoms with Crippen LogP contribution in [-0.2, 0) is 20.7 Å². The van der Waals surface area contributed by atoms with Crippen LogP contribution in [0.4, 0.5) is 28.8 Å². The van der Waals surface area contributed by atoms with E-state index in [2.05, 4.69) is 42.2 Å². The number of anilines is 5. The predicted molar refractivity (Wildman–Crippen MR) is 236 cm³/mol. The van der Waals surface area contributed by atoms with Crippen molar-refractivity contribution in [3.05, 3.63) is 83.0 Å². The topological polar surface area (TPSA) is 167 Å². The zero-order valence-electron chi connectivity index (χ0n) is 34.5. The second-order valence-electron chi connectivity index (χ2n) is 15.9. The molecule has 1 aromatic heterocycles. The summed E-state index contributed by atoms with van der Waals surface area (Å²) in [5.41, 5.74) is 3.96. The van der Waals surface area contributed by atoms with E-state index >= 15 is 0 Å². The number of unbranched alkanes of at least 4 members (excludes halogenated alkanes) is 4. The number of carbonyl (C=O) groups excluding carboxylic acids is 3. The summed E-state index contributed by atoms with van der Waals surface area (Å²) in [4.78, 5) is 49.7. The van der Waals surface area contributed by atoms with Crippen LogP contribution >= 0.6 is 18.7 Å². The summed E-state index contributed by atoms with van der Waals surface area (Å²) in [6.45, 7) is 7.33. The van der Waals surface area contributed by atoms with Crippen LogP contribution < -0.4 is 40.9 Å². The molecule has 3 aromatic carbocycles. The average molecular weight is 857 g/mol. The first-order valence-corrected chi connectivity index (χ1v) is 23.7. The molecule has 2 saturated heterocycles.